The normalized spacial score (nSPS) is 16.6. The van der Waals surface area contributed by atoms with E-state index in [-0.39, 0.29) is 22.5 Å². The van der Waals surface area contributed by atoms with E-state index in [1.165, 1.54) is 0 Å². The topological polar surface area (TPSA) is 109 Å². The molecule has 128 valence electrons. The van der Waals surface area contributed by atoms with Gasteiger partial charge in [-0.15, -0.1) is 0 Å². The second kappa shape index (κ2) is 6.17. The summed E-state index contributed by atoms with van der Waals surface area (Å²) in [5, 5.41) is 19.0. The summed E-state index contributed by atoms with van der Waals surface area (Å²) in [6, 6.07) is 2.35. The van der Waals surface area contributed by atoms with E-state index in [1.54, 1.807) is 0 Å². The Bertz CT molecular complexity index is 875. The predicted molar refractivity (Wildman–Crippen MR) is 77.8 cm³/mol. The minimum absolute atomic E-state index is 0.235. The summed E-state index contributed by atoms with van der Waals surface area (Å²) in [6.45, 7) is -4.43. The number of carbonyl (C=O) groups excluding carboxylic acids is 1. The molecule has 2 aromatic rings. The summed E-state index contributed by atoms with van der Waals surface area (Å²) in [6.07, 6.45) is -3.20. The second-order valence-electron chi connectivity index (χ2n) is 4.93. The van der Waals surface area contributed by atoms with E-state index in [0.717, 1.165) is 30.6 Å². The second-order valence-corrected chi connectivity index (χ2v) is 4.93. The Morgan fingerprint density at radius 1 is 1.38 bits per heavy atom. The minimum Gasteiger partial charge on any atom is -0.393 e. The average Bonchev–Trinajstić information content (AvgIpc) is 2.58. The molecule has 1 unspecified atom stereocenters. The molecule has 1 amide bonds. The lowest BCUT2D eigenvalue weighted by Crippen LogP contribution is -2.45. The molecule has 6 nitrogen and oxygen atoms in total. The largest absolute Gasteiger partial charge is 0.423 e. The van der Waals surface area contributed by atoms with Gasteiger partial charge in [0.05, 0.1) is 24.7 Å². The maximum Gasteiger partial charge on any atom is 0.423 e. The molecule has 0 spiro atoms. The van der Waals surface area contributed by atoms with Crippen molar-refractivity contribution in [1.82, 2.24) is 9.97 Å². The SMILES string of the molecule is [2H]C([2H])([2H])c1ccc(C(O)(CO)C(F)(F)F)cc1-c1cncc(C(N)=O)n1. The number of amides is 1. The Labute approximate surface area is 139 Å². The molecule has 2 rings (SSSR count). The molecule has 0 aliphatic heterocycles. The zero-order valence-corrected chi connectivity index (χ0v) is 12.0. The molecule has 1 aromatic heterocycles. The summed E-state index contributed by atoms with van der Waals surface area (Å²) < 4.78 is 62.3. The van der Waals surface area contributed by atoms with Gasteiger partial charge in [-0.25, -0.2) is 4.98 Å². The fraction of sp³-hybridized carbons (Fsp3) is 0.267. The third-order valence-corrected chi connectivity index (χ3v) is 3.36. The van der Waals surface area contributed by atoms with Crippen molar-refractivity contribution < 1.29 is 32.3 Å². The van der Waals surface area contributed by atoms with Crippen LogP contribution in [0.2, 0.25) is 0 Å². The van der Waals surface area contributed by atoms with Gasteiger partial charge in [0.15, 0.2) is 0 Å². The highest BCUT2D eigenvalue weighted by Crippen LogP contribution is 2.40. The van der Waals surface area contributed by atoms with Crippen molar-refractivity contribution in [2.45, 2.75) is 18.6 Å². The summed E-state index contributed by atoms with van der Waals surface area (Å²) in [4.78, 5) is 18.8. The van der Waals surface area contributed by atoms with E-state index < -0.39 is 36.7 Å². The number of nitrogens with two attached hydrogens (primary N) is 1. The van der Waals surface area contributed by atoms with E-state index in [9.17, 15) is 23.1 Å². The van der Waals surface area contributed by atoms with Crippen molar-refractivity contribution in [3.05, 3.63) is 47.4 Å². The third kappa shape index (κ3) is 3.08. The molecule has 4 N–H and O–H groups in total. The van der Waals surface area contributed by atoms with Crippen LogP contribution in [0.15, 0.2) is 30.6 Å². The monoisotopic (exact) mass is 344 g/mol. The Morgan fingerprint density at radius 2 is 2.08 bits per heavy atom. The smallest absolute Gasteiger partial charge is 0.393 e. The van der Waals surface area contributed by atoms with Gasteiger partial charge in [-0.3, -0.25) is 9.78 Å². The highest BCUT2D eigenvalue weighted by Gasteiger charge is 2.54. The Balaban J connectivity index is 2.78. The summed E-state index contributed by atoms with van der Waals surface area (Å²) in [5.74, 6) is -0.974. The molecule has 0 aliphatic carbocycles. The molecular formula is C15H14F3N3O3. The van der Waals surface area contributed by atoms with Crippen LogP contribution in [0.1, 0.15) is 25.7 Å². The van der Waals surface area contributed by atoms with Gasteiger partial charge >= 0.3 is 6.18 Å². The van der Waals surface area contributed by atoms with Gasteiger partial charge in [0.1, 0.15) is 5.69 Å². The zero-order chi connectivity index (χ0) is 20.6. The number of aromatic nitrogens is 2. The number of aliphatic hydroxyl groups is 2. The number of rotatable bonds is 4. The predicted octanol–water partition coefficient (Wildman–Crippen LogP) is 1.29. The number of carbonyl (C=O) groups is 1. The van der Waals surface area contributed by atoms with E-state index >= 15 is 0 Å². The first-order valence-electron chi connectivity index (χ1n) is 7.98. The standard InChI is InChI=1S/C15H14F3N3O3/c1-8-2-3-9(14(24,7-22)15(16,17)18)4-10(8)11-5-20-6-12(21-11)13(19)23/h2-6,22,24H,7H2,1H3,(H2,19,23)/i1D3. The first-order valence-corrected chi connectivity index (χ1v) is 6.48. The van der Waals surface area contributed by atoms with Gasteiger partial charge in [0, 0.05) is 9.68 Å². The summed E-state index contributed by atoms with van der Waals surface area (Å²) >= 11 is 0. The first kappa shape index (κ1) is 13.9. The fourth-order valence-corrected chi connectivity index (χ4v) is 1.97. The van der Waals surface area contributed by atoms with Gasteiger partial charge in [-0.2, -0.15) is 13.2 Å². The van der Waals surface area contributed by atoms with Gasteiger partial charge < -0.3 is 15.9 Å². The number of alkyl halides is 3. The zero-order valence-electron chi connectivity index (χ0n) is 15.0. The Hall–Kier alpha value is -2.52. The van der Waals surface area contributed by atoms with E-state index in [1.807, 2.05) is 0 Å². The highest BCUT2D eigenvalue weighted by molar-refractivity contribution is 5.91. The molecule has 0 fully saturated rings. The highest BCUT2D eigenvalue weighted by atomic mass is 19.4. The van der Waals surface area contributed by atoms with Gasteiger partial charge in [-0.1, -0.05) is 12.1 Å². The van der Waals surface area contributed by atoms with Crippen molar-refractivity contribution >= 4 is 5.91 Å². The average molecular weight is 344 g/mol. The van der Waals surface area contributed by atoms with Crippen LogP contribution in [0.25, 0.3) is 11.3 Å². The number of halogens is 3. The number of primary amides is 1. The quantitative estimate of drug-likeness (QED) is 0.774. The van der Waals surface area contributed by atoms with Gasteiger partial charge in [0.2, 0.25) is 5.60 Å². The molecule has 0 radical (unpaired) electrons. The molecule has 0 saturated heterocycles. The van der Waals surface area contributed by atoms with E-state index in [0.29, 0.717) is 0 Å². The molecule has 24 heavy (non-hydrogen) atoms. The minimum atomic E-state index is -5.23. The van der Waals surface area contributed by atoms with Crippen LogP contribution < -0.4 is 5.73 Å². The third-order valence-electron chi connectivity index (χ3n) is 3.36. The maximum absolute atomic E-state index is 13.2. The number of aliphatic hydroxyl groups excluding tert-OH is 1. The van der Waals surface area contributed by atoms with Crippen LogP contribution in [0, 0.1) is 6.85 Å². The molecule has 0 saturated carbocycles. The number of hydrogen-bond donors (Lipinski definition) is 3. The Kier molecular flexibility index (Phi) is 3.57. The number of benzene rings is 1. The van der Waals surface area contributed by atoms with Crippen LogP contribution >= 0.6 is 0 Å². The van der Waals surface area contributed by atoms with Crippen molar-refractivity contribution in [1.29, 1.82) is 0 Å². The van der Waals surface area contributed by atoms with Crippen molar-refractivity contribution in [2.75, 3.05) is 6.61 Å². The molecular weight excluding hydrogens is 327 g/mol. The van der Waals surface area contributed by atoms with Crippen LogP contribution in [0.5, 0.6) is 0 Å². The lowest BCUT2D eigenvalue weighted by atomic mass is 9.90. The molecule has 0 bridgehead atoms. The molecule has 9 heteroatoms. The van der Waals surface area contributed by atoms with Gasteiger partial charge in [-0.05, 0) is 24.0 Å². The molecule has 1 aromatic carbocycles. The Morgan fingerprint density at radius 3 is 2.62 bits per heavy atom. The van der Waals surface area contributed by atoms with Crippen molar-refractivity contribution in [3.8, 4) is 11.3 Å². The van der Waals surface area contributed by atoms with Crippen LogP contribution in [-0.4, -0.2) is 38.9 Å². The van der Waals surface area contributed by atoms with Crippen molar-refractivity contribution in [2.24, 2.45) is 5.73 Å². The van der Waals surface area contributed by atoms with Crippen LogP contribution in [-0.2, 0) is 5.60 Å². The lowest BCUT2D eigenvalue weighted by Gasteiger charge is -2.29. The van der Waals surface area contributed by atoms with E-state index in [2.05, 4.69) is 9.97 Å². The first-order chi connectivity index (χ1) is 12.3. The van der Waals surface area contributed by atoms with Crippen molar-refractivity contribution in [3.63, 3.8) is 0 Å². The summed E-state index contributed by atoms with van der Waals surface area (Å²) in [7, 11) is 0. The van der Waals surface area contributed by atoms with Crippen LogP contribution in [0.3, 0.4) is 0 Å². The van der Waals surface area contributed by atoms with Crippen LogP contribution in [0.4, 0.5) is 13.2 Å². The molecule has 0 aliphatic rings. The lowest BCUT2D eigenvalue weighted by molar-refractivity contribution is -0.277. The number of hydrogen-bond acceptors (Lipinski definition) is 5. The van der Waals surface area contributed by atoms with E-state index in [4.69, 9.17) is 15.0 Å². The summed E-state index contributed by atoms with van der Waals surface area (Å²) in [5.41, 5.74) is -0.603. The number of nitrogens with zero attached hydrogens (tertiary/aromatic N) is 2. The molecule has 1 atom stereocenters. The molecule has 1 heterocycles. The maximum atomic E-state index is 13.2. The van der Waals surface area contributed by atoms with Gasteiger partial charge in [0.25, 0.3) is 5.91 Å². The fourth-order valence-electron chi connectivity index (χ4n) is 1.97. The number of aryl methyl sites for hydroxylation is 1.